The maximum absolute atomic E-state index is 4.57. The van der Waals surface area contributed by atoms with Gasteiger partial charge in [-0.3, -0.25) is 4.99 Å². The quantitative estimate of drug-likeness (QED) is 0.196. The smallest absolute Gasteiger partial charge is 0.129 e. The zero-order valence-electron chi connectivity index (χ0n) is 22.1. The van der Waals surface area contributed by atoms with Gasteiger partial charge in [0, 0.05) is 36.9 Å². The van der Waals surface area contributed by atoms with Crippen LogP contribution in [0.1, 0.15) is 97.9 Å². The van der Waals surface area contributed by atoms with Gasteiger partial charge in [0.15, 0.2) is 0 Å². The number of rotatable bonds is 15. The van der Waals surface area contributed by atoms with Crippen LogP contribution in [-0.2, 0) is 0 Å². The van der Waals surface area contributed by atoms with E-state index in [0.717, 1.165) is 61.8 Å². The number of hydrogen-bond donors (Lipinski definition) is 2. The molecule has 0 spiro atoms. The highest BCUT2D eigenvalue weighted by Gasteiger charge is 2.17. The predicted molar refractivity (Wildman–Crippen MR) is 152 cm³/mol. The third-order valence-corrected chi connectivity index (χ3v) is 7.02. The molecule has 1 aliphatic rings. The van der Waals surface area contributed by atoms with E-state index in [1.54, 1.807) is 0 Å². The van der Waals surface area contributed by atoms with Crippen molar-refractivity contribution in [3.8, 4) is 0 Å². The summed E-state index contributed by atoms with van der Waals surface area (Å²) in [6.45, 7) is 12.1. The Hall–Kier alpha value is -2.01. The Morgan fingerprint density at radius 3 is 2.18 bits per heavy atom. The van der Waals surface area contributed by atoms with E-state index in [9.17, 15) is 0 Å². The van der Waals surface area contributed by atoms with E-state index < -0.39 is 0 Å². The van der Waals surface area contributed by atoms with Crippen LogP contribution in [0.25, 0.3) is 0 Å². The van der Waals surface area contributed by atoms with Crippen LogP contribution in [0.2, 0.25) is 0 Å². The van der Waals surface area contributed by atoms with Gasteiger partial charge in [-0.2, -0.15) is 11.8 Å². The number of amidine groups is 1. The molecule has 0 amide bonds. The fourth-order valence-corrected chi connectivity index (χ4v) is 4.91. The molecule has 1 atom stereocenters. The van der Waals surface area contributed by atoms with Gasteiger partial charge in [0.05, 0.1) is 11.9 Å². The van der Waals surface area contributed by atoms with Gasteiger partial charge in [-0.1, -0.05) is 46.6 Å². The zero-order chi connectivity index (χ0) is 24.6. The van der Waals surface area contributed by atoms with Crippen LogP contribution in [0, 0.1) is 0 Å². The van der Waals surface area contributed by atoms with Crippen LogP contribution in [0.3, 0.4) is 0 Å². The van der Waals surface area contributed by atoms with Gasteiger partial charge >= 0.3 is 0 Å². The highest BCUT2D eigenvalue weighted by atomic mass is 32.2. The second-order valence-electron chi connectivity index (χ2n) is 9.69. The maximum atomic E-state index is 4.57. The predicted octanol–water partition coefficient (Wildman–Crippen LogP) is 8.11. The highest BCUT2D eigenvalue weighted by molar-refractivity contribution is 7.99. The van der Waals surface area contributed by atoms with Crippen molar-refractivity contribution in [2.24, 2.45) is 4.99 Å². The number of aromatic amines is 1. The van der Waals surface area contributed by atoms with E-state index >= 15 is 0 Å². The molecule has 1 aliphatic heterocycles. The first-order valence-corrected chi connectivity index (χ1v) is 14.1. The molecule has 5 heteroatoms. The molecule has 2 heterocycles. The average molecular weight is 483 g/mol. The molecule has 1 aromatic heterocycles. The van der Waals surface area contributed by atoms with Gasteiger partial charge in [-0.05, 0) is 79.6 Å². The number of aromatic nitrogens is 2. The fourth-order valence-electron chi connectivity index (χ4n) is 3.89. The van der Waals surface area contributed by atoms with Gasteiger partial charge < -0.3 is 10.3 Å². The average Bonchev–Trinajstić information content (AvgIpc) is 3.50. The van der Waals surface area contributed by atoms with Crippen LogP contribution in [0.15, 0.2) is 64.0 Å². The van der Waals surface area contributed by atoms with Crippen molar-refractivity contribution in [3.63, 3.8) is 0 Å². The van der Waals surface area contributed by atoms with Gasteiger partial charge in [0.1, 0.15) is 5.82 Å². The molecule has 0 aliphatic carbocycles. The Kier molecular flexibility index (Phi) is 13.8. The molecule has 34 heavy (non-hydrogen) atoms. The minimum atomic E-state index is 0.195. The summed E-state index contributed by atoms with van der Waals surface area (Å²) in [5.74, 6) is 4.15. The van der Waals surface area contributed by atoms with Gasteiger partial charge in [-0.15, -0.1) is 0 Å². The summed E-state index contributed by atoms with van der Waals surface area (Å²) in [5, 5.41) is 3.59. The lowest BCUT2D eigenvalue weighted by Gasteiger charge is -2.17. The summed E-state index contributed by atoms with van der Waals surface area (Å²) >= 11 is 1.95. The number of thioether (sulfide) groups is 1. The molecular formula is C29H46N4S. The summed E-state index contributed by atoms with van der Waals surface area (Å²) in [7, 11) is 0. The molecule has 0 saturated heterocycles. The third kappa shape index (κ3) is 12.5. The van der Waals surface area contributed by atoms with E-state index in [1.807, 2.05) is 24.2 Å². The van der Waals surface area contributed by atoms with Gasteiger partial charge in [0.25, 0.3) is 0 Å². The number of aliphatic imine (C=N–C) groups is 1. The molecule has 0 aromatic carbocycles. The monoisotopic (exact) mass is 482 g/mol. The van der Waals surface area contributed by atoms with Crippen LogP contribution >= 0.6 is 11.8 Å². The Bertz CT molecular complexity index is 855. The molecule has 2 N–H and O–H groups in total. The van der Waals surface area contributed by atoms with E-state index in [4.69, 9.17) is 0 Å². The fraction of sp³-hybridized carbons (Fsp3) is 0.586. The number of allylic oxidation sites excluding steroid dienone is 7. The Balaban J connectivity index is 1.64. The molecule has 2 rings (SSSR count). The van der Waals surface area contributed by atoms with Crippen molar-refractivity contribution in [2.45, 2.75) is 92.0 Å². The first-order valence-electron chi connectivity index (χ1n) is 12.9. The number of nitrogens with zero attached hydrogens (tertiary/aromatic N) is 2. The Labute approximate surface area is 212 Å². The summed E-state index contributed by atoms with van der Waals surface area (Å²) < 4.78 is 0. The van der Waals surface area contributed by atoms with Crippen molar-refractivity contribution in [2.75, 3.05) is 18.1 Å². The Morgan fingerprint density at radius 1 is 0.971 bits per heavy atom. The molecular weight excluding hydrogens is 436 g/mol. The van der Waals surface area contributed by atoms with Crippen LogP contribution in [-0.4, -0.2) is 33.9 Å². The van der Waals surface area contributed by atoms with Crippen molar-refractivity contribution in [1.82, 2.24) is 15.3 Å². The number of hydrogen-bond acceptors (Lipinski definition) is 4. The summed E-state index contributed by atoms with van der Waals surface area (Å²) in [4.78, 5) is 12.3. The highest BCUT2D eigenvalue weighted by Crippen LogP contribution is 2.19. The molecule has 1 unspecified atom stereocenters. The first kappa shape index (κ1) is 28.2. The topological polar surface area (TPSA) is 53.1 Å². The normalized spacial score (nSPS) is 15.9. The number of nitrogens with one attached hydrogen (secondary N) is 2. The van der Waals surface area contributed by atoms with Crippen LogP contribution in [0.5, 0.6) is 0 Å². The minimum absolute atomic E-state index is 0.195. The lowest BCUT2D eigenvalue weighted by atomic mass is 10.0. The second kappa shape index (κ2) is 16.6. The molecule has 0 saturated carbocycles. The van der Waals surface area contributed by atoms with Crippen LogP contribution in [0.4, 0.5) is 0 Å². The van der Waals surface area contributed by atoms with Crippen molar-refractivity contribution in [3.05, 3.63) is 64.8 Å². The molecule has 0 bridgehead atoms. The van der Waals surface area contributed by atoms with Crippen molar-refractivity contribution < 1.29 is 0 Å². The standard InChI is InChI=1S/C29H46N4S/c1-23(2)10-6-11-24(3)12-7-13-25(4)14-8-15-26(5)17-21-34-22-27(29-31-19-20-32-29)33-28-16-9-18-30-28/h10,12,14,17,19-20,27H,6-9,11,13,15-16,18,21-22H2,1-5H3,(H,30,33)(H,31,32). The van der Waals surface area contributed by atoms with Gasteiger partial charge in [0.2, 0.25) is 0 Å². The van der Waals surface area contributed by atoms with Crippen molar-refractivity contribution >= 4 is 17.6 Å². The summed E-state index contributed by atoms with van der Waals surface area (Å²) in [5.41, 5.74) is 5.92. The lowest BCUT2D eigenvalue weighted by molar-refractivity contribution is 0.677. The summed E-state index contributed by atoms with van der Waals surface area (Å²) in [6.07, 6.45) is 22.5. The third-order valence-electron chi connectivity index (χ3n) is 6.05. The lowest BCUT2D eigenvalue weighted by Crippen LogP contribution is -2.29. The SMILES string of the molecule is CC(C)=CCCC(C)=CCCC(C)=CCCC(C)=CCSCC(NC1=NCCC1)c1ncc[nH]1. The van der Waals surface area contributed by atoms with E-state index in [0.29, 0.717) is 0 Å². The maximum Gasteiger partial charge on any atom is 0.129 e. The van der Waals surface area contributed by atoms with Gasteiger partial charge in [-0.25, -0.2) is 4.98 Å². The first-order chi connectivity index (χ1) is 16.4. The number of H-pyrrole nitrogens is 1. The zero-order valence-corrected chi connectivity index (χ0v) is 22.9. The van der Waals surface area contributed by atoms with Crippen LogP contribution < -0.4 is 5.32 Å². The largest absolute Gasteiger partial charge is 0.363 e. The van der Waals surface area contributed by atoms with Crippen molar-refractivity contribution in [1.29, 1.82) is 0 Å². The molecule has 188 valence electrons. The van der Waals surface area contributed by atoms with E-state index in [1.165, 1.54) is 41.6 Å². The molecule has 0 radical (unpaired) electrons. The van der Waals surface area contributed by atoms with E-state index in [2.05, 4.69) is 79.2 Å². The van der Waals surface area contributed by atoms with E-state index in [-0.39, 0.29) is 6.04 Å². The molecule has 1 aromatic rings. The summed E-state index contributed by atoms with van der Waals surface area (Å²) in [6, 6.07) is 0.195. The Morgan fingerprint density at radius 2 is 1.62 bits per heavy atom. The number of imidazole rings is 1. The molecule has 0 fully saturated rings. The minimum Gasteiger partial charge on any atom is -0.363 e. The molecule has 4 nitrogen and oxygen atoms in total. The second-order valence-corrected chi connectivity index (χ2v) is 10.8.